The number of hydrogen-bond donors (Lipinski definition) is 0. The third-order valence-electron chi connectivity index (χ3n) is 5.61. The summed E-state index contributed by atoms with van der Waals surface area (Å²) in [6.07, 6.45) is 1.63. The second-order valence-corrected chi connectivity index (χ2v) is 9.44. The van der Waals surface area contributed by atoms with Crippen molar-refractivity contribution in [2.45, 2.75) is 33.3 Å². The summed E-state index contributed by atoms with van der Waals surface area (Å²) in [4.78, 5) is 27.3. The molecule has 9 heteroatoms. The number of nitrogens with zero attached hydrogens (tertiary/aromatic N) is 2. The summed E-state index contributed by atoms with van der Waals surface area (Å²) in [6, 6.07) is 17.5. The van der Waals surface area contributed by atoms with Crippen LogP contribution < -0.4 is 9.47 Å². The molecule has 0 aromatic heterocycles. The van der Waals surface area contributed by atoms with Gasteiger partial charge in [-0.15, -0.1) is 0 Å². The molecule has 1 aliphatic heterocycles. The van der Waals surface area contributed by atoms with Gasteiger partial charge in [-0.3, -0.25) is 10.1 Å². The molecule has 3 aromatic rings. The molecule has 3 aromatic carbocycles. The zero-order valence-electron chi connectivity index (χ0n) is 20.6. The van der Waals surface area contributed by atoms with Crippen LogP contribution in [0.15, 0.2) is 75.8 Å². The van der Waals surface area contributed by atoms with Crippen molar-refractivity contribution in [3.63, 3.8) is 0 Å². The van der Waals surface area contributed by atoms with Crippen molar-refractivity contribution >= 4 is 39.6 Å². The summed E-state index contributed by atoms with van der Waals surface area (Å²) in [7, 11) is 0. The van der Waals surface area contributed by atoms with Crippen LogP contribution in [0.25, 0.3) is 6.08 Å². The van der Waals surface area contributed by atoms with E-state index in [1.807, 2.05) is 31.2 Å². The van der Waals surface area contributed by atoms with Gasteiger partial charge in [0.15, 0.2) is 17.2 Å². The van der Waals surface area contributed by atoms with Crippen molar-refractivity contribution in [2.24, 2.45) is 4.99 Å². The topological polar surface area (TPSA) is 100 Å². The van der Waals surface area contributed by atoms with Crippen LogP contribution in [-0.4, -0.2) is 23.4 Å². The molecule has 4 rings (SSSR count). The number of nitro groups is 1. The quantitative estimate of drug-likeness (QED) is 0.122. The van der Waals surface area contributed by atoms with Crippen LogP contribution in [-0.2, 0) is 16.1 Å². The minimum atomic E-state index is -0.532. The van der Waals surface area contributed by atoms with Gasteiger partial charge in [0.1, 0.15) is 6.61 Å². The van der Waals surface area contributed by atoms with Crippen LogP contribution in [0.1, 0.15) is 48.9 Å². The van der Waals surface area contributed by atoms with Gasteiger partial charge in [-0.25, -0.2) is 9.79 Å². The lowest BCUT2D eigenvalue weighted by atomic mass is 10.0. The average molecular weight is 565 g/mol. The molecule has 0 spiro atoms. The van der Waals surface area contributed by atoms with E-state index in [2.05, 4.69) is 34.8 Å². The lowest BCUT2D eigenvalue weighted by Gasteiger charge is -2.15. The number of cyclic esters (lactones) is 1. The third-order valence-corrected chi connectivity index (χ3v) is 6.20. The minimum absolute atomic E-state index is 0.0150. The Hall–Kier alpha value is -3.98. The van der Waals surface area contributed by atoms with Gasteiger partial charge in [0.25, 0.3) is 5.69 Å². The molecular weight excluding hydrogens is 540 g/mol. The Morgan fingerprint density at radius 3 is 2.41 bits per heavy atom. The van der Waals surface area contributed by atoms with Crippen molar-refractivity contribution < 1.29 is 23.9 Å². The predicted octanol–water partition coefficient (Wildman–Crippen LogP) is 6.80. The van der Waals surface area contributed by atoms with Gasteiger partial charge < -0.3 is 14.2 Å². The number of aliphatic imine (C=N–C) groups is 1. The number of nitro benzene ring substituents is 1. The van der Waals surface area contributed by atoms with E-state index in [4.69, 9.17) is 14.2 Å². The highest BCUT2D eigenvalue weighted by atomic mass is 79.9. The number of carbonyl (C=O) groups is 1. The first-order chi connectivity index (χ1) is 17.7. The summed E-state index contributed by atoms with van der Waals surface area (Å²) < 4.78 is 17.8. The fraction of sp³-hybridized carbons (Fsp3) is 0.214. The van der Waals surface area contributed by atoms with Gasteiger partial charge in [0.05, 0.1) is 16.0 Å². The Labute approximate surface area is 222 Å². The Bertz CT molecular complexity index is 1380. The Morgan fingerprint density at radius 1 is 1.08 bits per heavy atom. The molecule has 1 aliphatic rings. The van der Waals surface area contributed by atoms with Gasteiger partial charge in [-0.1, -0.05) is 26.0 Å². The highest BCUT2D eigenvalue weighted by Crippen LogP contribution is 2.38. The van der Waals surface area contributed by atoms with E-state index in [-0.39, 0.29) is 23.9 Å². The molecule has 190 valence electrons. The second-order valence-electron chi connectivity index (χ2n) is 8.59. The standard InChI is InChI=1S/C28H25BrN2O6/c1-4-35-25-15-19(13-23(29)26(25)36-16-18-5-11-22(12-6-18)31(33)34)14-24-28(32)37-27(30-24)21-9-7-20(8-10-21)17(2)3/h5-15,17H,4,16H2,1-3H3/b24-14-. The van der Waals surface area contributed by atoms with Crippen molar-refractivity contribution in [2.75, 3.05) is 6.61 Å². The largest absolute Gasteiger partial charge is 0.490 e. The van der Waals surface area contributed by atoms with E-state index in [0.29, 0.717) is 34.1 Å². The van der Waals surface area contributed by atoms with Crippen LogP contribution >= 0.6 is 15.9 Å². The van der Waals surface area contributed by atoms with Crippen LogP contribution in [0, 0.1) is 10.1 Å². The fourth-order valence-corrected chi connectivity index (χ4v) is 4.22. The van der Waals surface area contributed by atoms with Gasteiger partial charge in [-0.05, 0) is 87.9 Å². The van der Waals surface area contributed by atoms with Crippen LogP contribution in [0.5, 0.6) is 11.5 Å². The summed E-state index contributed by atoms with van der Waals surface area (Å²) in [5.41, 5.74) is 3.55. The van der Waals surface area contributed by atoms with Gasteiger partial charge in [0.2, 0.25) is 5.90 Å². The normalized spacial score (nSPS) is 14.0. The van der Waals surface area contributed by atoms with E-state index in [1.165, 1.54) is 17.7 Å². The number of halogens is 1. The molecular formula is C28H25BrN2O6. The number of hydrogen-bond acceptors (Lipinski definition) is 7. The van der Waals surface area contributed by atoms with Gasteiger partial charge >= 0.3 is 5.97 Å². The number of carbonyl (C=O) groups excluding carboxylic acids is 1. The molecule has 0 N–H and O–H groups in total. The van der Waals surface area contributed by atoms with Crippen LogP contribution in [0.3, 0.4) is 0 Å². The molecule has 0 atom stereocenters. The predicted molar refractivity (Wildman–Crippen MR) is 144 cm³/mol. The van der Waals surface area contributed by atoms with E-state index in [9.17, 15) is 14.9 Å². The summed E-state index contributed by atoms with van der Waals surface area (Å²) in [6.45, 7) is 6.67. The van der Waals surface area contributed by atoms with Crippen molar-refractivity contribution in [3.8, 4) is 11.5 Å². The second kappa shape index (κ2) is 11.4. The SMILES string of the molecule is CCOc1cc(/C=C2\N=C(c3ccc(C(C)C)cc3)OC2=O)cc(Br)c1OCc1ccc([N+](=O)[O-])cc1. The molecule has 0 saturated carbocycles. The van der Waals surface area contributed by atoms with Crippen molar-refractivity contribution in [3.05, 3.63) is 103 Å². The lowest BCUT2D eigenvalue weighted by Crippen LogP contribution is -2.05. The molecule has 0 unspecified atom stereocenters. The number of rotatable bonds is 9. The lowest BCUT2D eigenvalue weighted by molar-refractivity contribution is -0.384. The molecule has 8 nitrogen and oxygen atoms in total. The van der Waals surface area contributed by atoms with Gasteiger partial charge in [-0.2, -0.15) is 0 Å². The summed E-state index contributed by atoms with van der Waals surface area (Å²) >= 11 is 3.53. The zero-order chi connectivity index (χ0) is 26.5. The smallest absolute Gasteiger partial charge is 0.363 e. The number of benzene rings is 3. The van der Waals surface area contributed by atoms with E-state index in [1.54, 1.807) is 30.3 Å². The van der Waals surface area contributed by atoms with Crippen molar-refractivity contribution in [1.82, 2.24) is 0 Å². The molecule has 0 aliphatic carbocycles. The number of non-ortho nitro benzene ring substituents is 1. The van der Waals surface area contributed by atoms with Crippen LogP contribution in [0.4, 0.5) is 5.69 Å². The highest BCUT2D eigenvalue weighted by molar-refractivity contribution is 9.10. The average Bonchev–Trinajstić information content (AvgIpc) is 3.24. The van der Waals surface area contributed by atoms with Crippen molar-refractivity contribution in [1.29, 1.82) is 0 Å². The Kier molecular flexibility index (Phi) is 8.03. The van der Waals surface area contributed by atoms with Gasteiger partial charge in [0, 0.05) is 17.7 Å². The Morgan fingerprint density at radius 2 is 1.78 bits per heavy atom. The number of ether oxygens (including phenoxy) is 3. The maximum Gasteiger partial charge on any atom is 0.363 e. The van der Waals surface area contributed by atoms with E-state index >= 15 is 0 Å². The summed E-state index contributed by atoms with van der Waals surface area (Å²) in [5.74, 6) is 1.09. The molecule has 0 fully saturated rings. The highest BCUT2D eigenvalue weighted by Gasteiger charge is 2.24. The zero-order valence-corrected chi connectivity index (χ0v) is 22.2. The maximum atomic E-state index is 12.5. The molecule has 37 heavy (non-hydrogen) atoms. The monoisotopic (exact) mass is 564 g/mol. The maximum absolute atomic E-state index is 12.5. The molecule has 1 heterocycles. The molecule has 0 bridgehead atoms. The molecule has 0 amide bonds. The van der Waals surface area contributed by atoms with E-state index < -0.39 is 10.9 Å². The first kappa shape index (κ1) is 26.1. The van der Waals surface area contributed by atoms with Crippen LogP contribution in [0.2, 0.25) is 0 Å². The first-order valence-corrected chi connectivity index (χ1v) is 12.5. The van der Waals surface area contributed by atoms with E-state index in [0.717, 1.165) is 11.1 Å². The fourth-order valence-electron chi connectivity index (χ4n) is 3.64. The third kappa shape index (κ3) is 6.24. The Balaban J connectivity index is 1.56. The molecule has 0 radical (unpaired) electrons. The minimum Gasteiger partial charge on any atom is -0.490 e. The molecule has 0 saturated heterocycles. The first-order valence-electron chi connectivity index (χ1n) is 11.7. The number of esters is 1. The summed E-state index contributed by atoms with van der Waals surface area (Å²) in [5, 5.41) is 10.9.